The van der Waals surface area contributed by atoms with Crippen molar-refractivity contribution >= 4 is 21.8 Å². The second kappa shape index (κ2) is 6.57. The summed E-state index contributed by atoms with van der Waals surface area (Å²) < 4.78 is 13.7. The maximum absolute atomic E-state index is 13.3. The molecule has 1 aromatic carbocycles. The first-order chi connectivity index (χ1) is 10.6. The van der Waals surface area contributed by atoms with Crippen molar-refractivity contribution in [2.75, 3.05) is 6.54 Å². The predicted octanol–water partition coefficient (Wildman–Crippen LogP) is 3.89. The molecule has 5 heteroatoms. The molecule has 1 atom stereocenters. The number of hydrogen-bond acceptors (Lipinski definition) is 2. The van der Waals surface area contributed by atoms with Crippen LogP contribution in [0.5, 0.6) is 0 Å². The van der Waals surface area contributed by atoms with Crippen LogP contribution in [0, 0.1) is 5.82 Å². The van der Waals surface area contributed by atoms with Crippen LogP contribution >= 0.6 is 15.9 Å². The van der Waals surface area contributed by atoms with E-state index in [2.05, 4.69) is 20.9 Å². The molecule has 0 aliphatic carbocycles. The van der Waals surface area contributed by atoms with Crippen LogP contribution in [0.25, 0.3) is 0 Å². The fourth-order valence-corrected chi connectivity index (χ4v) is 3.35. The van der Waals surface area contributed by atoms with Gasteiger partial charge >= 0.3 is 0 Å². The average Bonchev–Trinajstić information content (AvgIpc) is 3.01. The highest BCUT2D eigenvalue weighted by Gasteiger charge is 2.29. The maximum atomic E-state index is 13.3. The van der Waals surface area contributed by atoms with E-state index in [1.54, 1.807) is 24.5 Å². The van der Waals surface area contributed by atoms with Crippen LogP contribution in [0.3, 0.4) is 0 Å². The van der Waals surface area contributed by atoms with Gasteiger partial charge in [-0.25, -0.2) is 4.39 Å². The molecule has 1 saturated heterocycles. The summed E-state index contributed by atoms with van der Waals surface area (Å²) in [5, 5.41) is 0. The highest BCUT2D eigenvalue weighted by atomic mass is 79.9. The van der Waals surface area contributed by atoms with Gasteiger partial charge in [-0.15, -0.1) is 0 Å². The van der Waals surface area contributed by atoms with E-state index in [9.17, 15) is 9.18 Å². The molecule has 3 rings (SSSR count). The molecule has 2 heterocycles. The molecule has 1 aliphatic heterocycles. The molecular formula is C17H16BrFN2O. The van der Waals surface area contributed by atoms with Gasteiger partial charge in [0.2, 0.25) is 5.91 Å². The molecule has 1 fully saturated rings. The minimum atomic E-state index is -0.313. The van der Waals surface area contributed by atoms with E-state index in [4.69, 9.17) is 0 Å². The Balaban J connectivity index is 1.75. The van der Waals surface area contributed by atoms with Gasteiger partial charge in [-0.1, -0.05) is 6.07 Å². The molecule has 3 nitrogen and oxygen atoms in total. The lowest BCUT2D eigenvalue weighted by Crippen LogP contribution is -2.31. The first-order valence-electron chi connectivity index (χ1n) is 7.28. The summed E-state index contributed by atoms with van der Waals surface area (Å²) in [7, 11) is 0. The Morgan fingerprint density at radius 1 is 1.32 bits per heavy atom. The molecule has 0 N–H and O–H groups in total. The number of carbonyl (C=O) groups is 1. The molecule has 0 bridgehead atoms. The lowest BCUT2D eigenvalue weighted by molar-refractivity contribution is -0.131. The van der Waals surface area contributed by atoms with E-state index in [1.807, 2.05) is 17.0 Å². The highest BCUT2D eigenvalue weighted by Crippen LogP contribution is 2.32. The van der Waals surface area contributed by atoms with Crippen molar-refractivity contribution in [1.82, 2.24) is 9.88 Å². The number of pyridine rings is 1. The number of carbonyl (C=O) groups excluding carboxylic acids is 1. The van der Waals surface area contributed by atoms with Crippen molar-refractivity contribution < 1.29 is 9.18 Å². The van der Waals surface area contributed by atoms with Gasteiger partial charge in [0.05, 0.1) is 16.9 Å². The van der Waals surface area contributed by atoms with E-state index >= 15 is 0 Å². The average molecular weight is 363 g/mol. The molecule has 1 aromatic heterocycles. The number of hydrogen-bond donors (Lipinski definition) is 0. The molecule has 0 radical (unpaired) electrons. The number of rotatable bonds is 3. The van der Waals surface area contributed by atoms with Crippen molar-refractivity contribution in [2.24, 2.45) is 0 Å². The van der Waals surface area contributed by atoms with E-state index < -0.39 is 0 Å². The van der Waals surface area contributed by atoms with Gasteiger partial charge in [-0.05, 0) is 64.2 Å². The standard InChI is InChI=1S/C17H16BrFN2O/c18-14-10-12(3-4-15(14)19)11-17(22)21-9-1-2-16(21)13-5-7-20-8-6-13/h3-8,10,16H,1-2,9,11H2. The highest BCUT2D eigenvalue weighted by molar-refractivity contribution is 9.10. The third kappa shape index (κ3) is 3.19. The number of nitrogens with zero attached hydrogens (tertiary/aromatic N) is 2. The van der Waals surface area contributed by atoms with Gasteiger partial charge in [0, 0.05) is 18.9 Å². The molecule has 1 unspecified atom stereocenters. The monoisotopic (exact) mass is 362 g/mol. The largest absolute Gasteiger partial charge is 0.335 e. The third-order valence-electron chi connectivity index (χ3n) is 4.00. The number of benzene rings is 1. The SMILES string of the molecule is O=C(Cc1ccc(F)c(Br)c1)N1CCCC1c1ccncc1. The summed E-state index contributed by atoms with van der Waals surface area (Å²) in [6.45, 7) is 0.772. The normalized spacial score (nSPS) is 17.7. The summed E-state index contributed by atoms with van der Waals surface area (Å²) in [5.41, 5.74) is 1.94. The second-order valence-corrected chi connectivity index (χ2v) is 6.31. The van der Waals surface area contributed by atoms with E-state index in [1.165, 1.54) is 6.07 Å². The van der Waals surface area contributed by atoms with Crippen molar-refractivity contribution in [2.45, 2.75) is 25.3 Å². The lowest BCUT2D eigenvalue weighted by Gasteiger charge is -2.25. The molecule has 1 aliphatic rings. The van der Waals surface area contributed by atoms with Crippen LogP contribution in [0.4, 0.5) is 4.39 Å². The molecule has 1 amide bonds. The first kappa shape index (κ1) is 15.2. The first-order valence-corrected chi connectivity index (χ1v) is 8.08. The van der Waals surface area contributed by atoms with E-state index in [-0.39, 0.29) is 17.8 Å². The Bertz CT molecular complexity index is 678. The topological polar surface area (TPSA) is 33.2 Å². The van der Waals surface area contributed by atoms with Crippen LogP contribution in [-0.4, -0.2) is 22.3 Å². The van der Waals surface area contributed by atoms with Crippen molar-refractivity contribution in [3.63, 3.8) is 0 Å². The summed E-state index contributed by atoms with van der Waals surface area (Å²) in [5.74, 6) is -0.232. The summed E-state index contributed by atoms with van der Waals surface area (Å²) in [6.07, 6.45) is 5.79. The third-order valence-corrected chi connectivity index (χ3v) is 4.61. The van der Waals surface area contributed by atoms with Crippen LogP contribution < -0.4 is 0 Å². The quantitative estimate of drug-likeness (QED) is 0.829. The minimum Gasteiger partial charge on any atom is -0.335 e. The van der Waals surface area contributed by atoms with Gasteiger partial charge in [0.25, 0.3) is 0 Å². The fourth-order valence-electron chi connectivity index (χ4n) is 2.92. The van der Waals surface area contributed by atoms with Crippen molar-refractivity contribution in [1.29, 1.82) is 0 Å². The number of amides is 1. The Morgan fingerprint density at radius 2 is 2.09 bits per heavy atom. The van der Waals surface area contributed by atoms with Crippen LogP contribution in [0.1, 0.15) is 30.0 Å². The van der Waals surface area contributed by atoms with Gasteiger partial charge in [0.15, 0.2) is 0 Å². The number of likely N-dealkylation sites (tertiary alicyclic amines) is 1. The molecule has 2 aromatic rings. The maximum Gasteiger partial charge on any atom is 0.227 e. The lowest BCUT2D eigenvalue weighted by atomic mass is 10.1. The Kier molecular flexibility index (Phi) is 4.52. The second-order valence-electron chi connectivity index (χ2n) is 5.45. The Hall–Kier alpha value is -1.75. The fraction of sp³-hybridized carbons (Fsp3) is 0.294. The van der Waals surface area contributed by atoms with Gasteiger partial charge < -0.3 is 4.90 Å². The van der Waals surface area contributed by atoms with Crippen LogP contribution in [0.15, 0.2) is 47.2 Å². The minimum absolute atomic E-state index is 0.0813. The molecule has 0 spiro atoms. The van der Waals surface area contributed by atoms with Crippen LogP contribution in [0.2, 0.25) is 0 Å². The Labute approximate surface area is 137 Å². The summed E-state index contributed by atoms with van der Waals surface area (Å²) >= 11 is 3.16. The molecule has 0 saturated carbocycles. The zero-order valence-electron chi connectivity index (χ0n) is 12.0. The smallest absolute Gasteiger partial charge is 0.227 e. The van der Waals surface area contributed by atoms with Crippen LogP contribution in [-0.2, 0) is 11.2 Å². The number of halogens is 2. The van der Waals surface area contributed by atoms with Gasteiger partial charge in [-0.3, -0.25) is 9.78 Å². The zero-order valence-corrected chi connectivity index (χ0v) is 13.6. The molecular weight excluding hydrogens is 347 g/mol. The summed E-state index contributed by atoms with van der Waals surface area (Å²) in [6, 6.07) is 8.77. The number of aromatic nitrogens is 1. The zero-order chi connectivity index (χ0) is 15.5. The van der Waals surface area contributed by atoms with Gasteiger partial charge in [-0.2, -0.15) is 0 Å². The predicted molar refractivity (Wildman–Crippen MR) is 85.7 cm³/mol. The summed E-state index contributed by atoms with van der Waals surface area (Å²) in [4.78, 5) is 18.5. The van der Waals surface area contributed by atoms with Gasteiger partial charge in [0.1, 0.15) is 5.82 Å². The Morgan fingerprint density at radius 3 is 2.82 bits per heavy atom. The molecule has 114 valence electrons. The van der Waals surface area contributed by atoms with Crippen molar-refractivity contribution in [3.8, 4) is 0 Å². The van der Waals surface area contributed by atoms with E-state index in [0.29, 0.717) is 10.9 Å². The molecule has 22 heavy (non-hydrogen) atoms. The van der Waals surface area contributed by atoms with Crippen molar-refractivity contribution in [3.05, 3.63) is 64.1 Å². The van der Waals surface area contributed by atoms with E-state index in [0.717, 1.165) is 30.5 Å².